The van der Waals surface area contributed by atoms with Crippen LogP contribution in [-0.2, 0) is 9.59 Å². The first-order chi connectivity index (χ1) is 7.37. The summed E-state index contributed by atoms with van der Waals surface area (Å²) in [6.45, 7) is 4.14. The first kappa shape index (κ1) is 13.0. The lowest BCUT2D eigenvalue weighted by atomic mass is 10.0. The lowest BCUT2D eigenvalue weighted by molar-refractivity contribution is -0.143. The molecule has 1 saturated carbocycles. The van der Waals surface area contributed by atoms with Crippen LogP contribution in [0.3, 0.4) is 0 Å². The minimum Gasteiger partial charge on any atom is -0.481 e. The lowest BCUT2D eigenvalue weighted by Gasteiger charge is -2.16. The predicted octanol–water partition coefficient (Wildman–Crippen LogP) is 0.341. The van der Waals surface area contributed by atoms with Crippen LogP contribution in [0.4, 0.5) is 0 Å². The van der Waals surface area contributed by atoms with Gasteiger partial charge in [-0.1, -0.05) is 13.8 Å². The summed E-state index contributed by atoms with van der Waals surface area (Å²) in [5.74, 6) is -0.727. The van der Waals surface area contributed by atoms with Crippen molar-refractivity contribution < 1.29 is 14.7 Å². The van der Waals surface area contributed by atoms with E-state index in [2.05, 4.69) is 5.32 Å². The van der Waals surface area contributed by atoms with E-state index in [1.807, 2.05) is 13.8 Å². The molecule has 0 radical (unpaired) electrons. The topological polar surface area (TPSA) is 92.4 Å². The highest BCUT2D eigenvalue weighted by molar-refractivity contribution is 5.81. The van der Waals surface area contributed by atoms with E-state index < -0.39 is 11.4 Å². The molecule has 0 bridgehead atoms. The Morgan fingerprint density at radius 2 is 2.00 bits per heavy atom. The van der Waals surface area contributed by atoms with Crippen LogP contribution in [0.25, 0.3) is 0 Å². The van der Waals surface area contributed by atoms with Crippen molar-refractivity contribution in [3.8, 4) is 0 Å². The number of carboxylic acids is 1. The highest BCUT2D eigenvalue weighted by Crippen LogP contribution is 2.45. The number of carbonyl (C=O) groups is 2. The summed E-state index contributed by atoms with van der Waals surface area (Å²) in [5, 5.41) is 11.6. The number of nitrogens with one attached hydrogen (secondary N) is 1. The van der Waals surface area contributed by atoms with Gasteiger partial charge in [0.25, 0.3) is 0 Å². The SMILES string of the molecule is CC(C)C(N)CC(=O)NCC1(C(=O)O)CC1. The van der Waals surface area contributed by atoms with Crippen molar-refractivity contribution in [2.24, 2.45) is 17.1 Å². The molecule has 0 aromatic heterocycles. The standard InChI is InChI=1S/C11H20N2O3/c1-7(2)8(12)5-9(14)13-6-11(3-4-11)10(15)16/h7-8H,3-6,12H2,1-2H3,(H,13,14)(H,15,16). The lowest BCUT2D eigenvalue weighted by Crippen LogP contribution is -2.38. The molecule has 0 spiro atoms. The summed E-state index contributed by atoms with van der Waals surface area (Å²) in [4.78, 5) is 22.3. The molecule has 1 rings (SSSR count). The van der Waals surface area contributed by atoms with Crippen molar-refractivity contribution >= 4 is 11.9 Å². The van der Waals surface area contributed by atoms with E-state index in [1.165, 1.54) is 0 Å². The summed E-state index contributed by atoms with van der Waals surface area (Å²) in [6, 6.07) is -0.167. The van der Waals surface area contributed by atoms with Gasteiger partial charge < -0.3 is 16.2 Å². The second-order valence-electron chi connectivity index (χ2n) is 4.97. The van der Waals surface area contributed by atoms with Gasteiger partial charge >= 0.3 is 5.97 Å². The summed E-state index contributed by atoms with van der Waals surface area (Å²) in [6.07, 6.45) is 1.56. The fourth-order valence-corrected chi connectivity index (χ4v) is 1.41. The Morgan fingerprint density at radius 3 is 2.38 bits per heavy atom. The summed E-state index contributed by atoms with van der Waals surface area (Å²) in [7, 11) is 0. The Labute approximate surface area is 95.4 Å². The molecule has 5 nitrogen and oxygen atoms in total. The van der Waals surface area contributed by atoms with Gasteiger partial charge in [0.2, 0.25) is 5.91 Å². The molecule has 1 unspecified atom stereocenters. The van der Waals surface area contributed by atoms with Crippen molar-refractivity contribution in [1.82, 2.24) is 5.32 Å². The Morgan fingerprint density at radius 1 is 1.44 bits per heavy atom. The van der Waals surface area contributed by atoms with Gasteiger partial charge in [0, 0.05) is 19.0 Å². The highest BCUT2D eigenvalue weighted by atomic mass is 16.4. The average molecular weight is 228 g/mol. The van der Waals surface area contributed by atoms with E-state index in [1.54, 1.807) is 0 Å². The largest absolute Gasteiger partial charge is 0.481 e. The quantitative estimate of drug-likeness (QED) is 0.611. The molecule has 92 valence electrons. The molecule has 1 aliphatic rings. The predicted molar refractivity (Wildman–Crippen MR) is 59.7 cm³/mol. The smallest absolute Gasteiger partial charge is 0.311 e. The first-order valence-electron chi connectivity index (χ1n) is 5.63. The normalized spacial score (nSPS) is 19.2. The third-order valence-electron chi connectivity index (χ3n) is 3.21. The third kappa shape index (κ3) is 3.20. The van der Waals surface area contributed by atoms with Crippen LogP contribution in [0.1, 0.15) is 33.1 Å². The molecule has 0 heterocycles. The first-order valence-corrected chi connectivity index (χ1v) is 5.63. The second kappa shape index (κ2) is 4.82. The molecular formula is C11H20N2O3. The summed E-state index contributed by atoms with van der Waals surface area (Å²) < 4.78 is 0. The molecule has 1 aliphatic carbocycles. The minimum absolute atomic E-state index is 0.159. The molecule has 4 N–H and O–H groups in total. The minimum atomic E-state index is -0.819. The zero-order valence-electron chi connectivity index (χ0n) is 9.82. The van der Waals surface area contributed by atoms with Gasteiger partial charge in [-0.05, 0) is 18.8 Å². The monoisotopic (exact) mass is 228 g/mol. The number of hydrogen-bond donors (Lipinski definition) is 3. The highest BCUT2D eigenvalue weighted by Gasteiger charge is 2.50. The summed E-state index contributed by atoms with van der Waals surface area (Å²) in [5.41, 5.74) is 5.06. The van der Waals surface area contributed by atoms with E-state index in [9.17, 15) is 9.59 Å². The van der Waals surface area contributed by atoms with Gasteiger partial charge in [-0.3, -0.25) is 9.59 Å². The van der Waals surface area contributed by atoms with Crippen LogP contribution in [0, 0.1) is 11.3 Å². The number of rotatable bonds is 6. The van der Waals surface area contributed by atoms with Crippen LogP contribution in [0.15, 0.2) is 0 Å². The van der Waals surface area contributed by atoms with Gasteiger partial charge in [0.05, 0.1) is 5.41 Å². The van der Waals surface area contributed by atoms with Crippen molar-refractivity contribution in [3.63, 3.8) is 0 Å². The van der Waals surface area contributed by atoms with Crippen molar-refractivity contribution in [2.45, 2.75) is 39.2 Å². The molecule has 1 amide bonds. The number of aliphatic carboxylic acids is 1. The van der Waals surface area contributed by atoms with Crippen LogP contribution in [0.2, 0.25) is 0 Å². The Balaban J connectivity index is 2.28. The van der Waals surface area contributed by atoms with Crippen molar-refractivity contribution in [1.29, 1.82) is 0 Å². The Bertz CT molecular complexity index is 285. The summed E-state index contributed by atoms with van der Waals surface area (Å²) >= 11 is 0. The number of nitrogens with two attached hydrogens (primary N) is 1. The van der Waals surface area contributed by atoms with E-state index in [0.29, 0.717) is 12.8 Å². The fraction of sp³-hybridized carbons (Fsp3) is 0.818. The molecule has 1 atom stereocenters. The van der Waals surface area contributed by atoms with Gasteiger partial charge in [0.15, 0.2) is 0 Å². The zero-order valence-corrected chi connectivity index (χ0v) is 9.82. The maximum Gasteiger partial charge on any atom is 0.311 e. The number of carbonyl (C=O) groups excluding carboxylic acids is 1. The Hall–Kier alpha value is -1.10. The van der Waals surface area contributed by atoms with Gasteiger partial charge in [-0.2, -0.15) is 0 Å². The number of amides is 1. The molecular weight excluding hydrogens is 208 g/mol. The zero-order chi connectivity index (χ0) is 12.3. The van der Waals surface area contributed by atoms with Crippen LogP contribution < -0.4 is 11.1 Å². The van der Waals surface area contributed by atoms with Crippen LogP contribution in [0.5, 0.6) is 0 Å². The average Bonchev–Trinajstić information content (AvgIpc) is 2.95. The molecule has 1 fully saturated rings. The maximum absolute atomic E-state index is 11.5. The molecule has 5 heteroatoms. The molecule has 16 heavy (non-hydrogen) atoms. The molecule has 0 saturated heterocycles. The number of hydrogen-bond acceptors (Lipinski definition) is 3. The Kier molecular flexibility index (Phi) is 3.91. The van der Waals surface area contributed by atoms with Gasteiger partial charge in [-0.25, -0.2) is 0 Å². The van der Waals surface area contributed by atoms with Crippen LogP contribution in [-0.4, -0.2) is 29.6 Å². The molecule has 0 aromatic carbocycles. The third-order valence-corrected chi connectivity index (χ3v) is 3.21. The molecule has 0 aliphatic heterocycles. The van der Waals surface area contributed by atoms with E-state index >= 15 is 0 Å². The van der Waals surface area contributed by atoms with E-state index in [-0.39, 0.29) is 30.8 Å². The van der Waals surface area contributed by atoms with Crippen molar-refractivity contribution in [3.05, 3.63) is 0 Å². The number of carboxylic acid groups (broad SMARTS) is 1. The van der Waals surface area contributed by atoms with Crippen molar-refractivity contribution in [2.75, 3.05) is 6.54 Å². The second-order valence-corrected chi connectivity index (χ2v) is 4.97. The van der Waals surface area contributed by atoms with Crippen LogP contribution >= 0.6 is 0 Å². The van der Waals surface area contributed by atoms with E-state index in [4.69, 9.17) is 10.8 Å². The van der Waals surface area contributed by atoms with Gasteiger partial charge in [0.1, 0.15) is 0 Å². The maximum atomic E-state index is 11.5. The van der Waals surface area contributed by atoms with E-state index in [0.717, 1.165) is 0 Å². The van der Waals surface area contributed by atoms with Gasteiger partial charge in [-0.15, -0.1) is 0 Å². The fourth-order valence-electron chi connectivity index (χ4n) is 1.41. The molecule has 0 aromatic rings.